The highest BCUT2D eigenvalue weighted by Crippen LogP contribution is 2.45. The van der Waals surface area contributed by atoms with Crippen molar-refractivity contribution in [3.8, 4) is 0 Å². The molecule has 1 unspecified atom stereocenters. The van der Waals surface area contributed by atoms with Crippen LogP contribution in [0.4, 0.5) is 0 Å². The van der Waals surface area contributed by atoms with E-state index in [0.29, 0.717) is 11.8 Å². The standard InChI is InChI=1S/C14H23NOS/c1-10(2)12(7-15-4)14(8-16-9-14)13-11(3)5-6-17-13/h5-6,10,12,15H,7-9H2,1-4H3. The molecular formula is C14H23NOS. The summed E-state index contributed by atoms with van der Waals surface area (Å²) in [7, 11) is 2.05. The Balaban J connectivity index is 2.33. The van der Waals surface area contributed by atoms with Gasteiger partial charge in [-0.15, -0.1) is 11.3 Å². The highest BCUT2D eigenvalue weighted by Gasteiger charge is 2.49. The molecule has 2 heterocycles. The lowest BCUT2D eigenvalue weighted by molar-refractivity contribution is -0.0979. The third-order valence-electron chi connectivity index (χ3n) is 3.97. The maximum absolute atomic E-state index is 5.57. The molecule has 2 rings (SSSR count). The number of nitrogens with one attached hydrogen (secondary N) is 1. The SMILES string of the molecule is CNCC(C(C)C)C1(c2sccc2C)COC1. The van der Waals surface area contributed by atoms with Gasteiger partial charge in [0.15, 0.2) is 0 Å². The minimum Gasteiger partial charge on any atom is -0.379 e. The lowest BCUT2D eigenvalue weighted by atomic mass is 9.67. The summed E-state index contributed by atoms with van der Waals surface area (Å²) < 4.78 is 5.57. The van der Waals surface area contributed by atoms with E-state index >= 15 is 0 Å². The summed E-state index contributed by atoms with van der Waals surface area (Å²) in [4.78, 5) is 1.54. The van der Waals surface area contributed by atoms with Gasteiger partial charge in [-0.05, 0) is 49.4 Å². The van der Waals surface area contributed by atoms with Gasteiger partial charge in [-0.3, -0.25) is 0 Å². The summed E-state index contributed by atoms with van der Waals surface area (Å²) in [5.41, 5.74) is 1.69. The van der Waals surface area contributed by atoms with Crippen molar-refractivity contribution in [2.45, 2.75) is 26.2 Å². The summed E-state index contributed by atoms with van der Waals surface area (Å²) in [6, 6.07) is 2.23. The number of ether oxygens (including phenoxy) is 1. The molecule has 0 radical (unpaired) electrons. The fourth-order valence-corrected chi connectivity index (χ4v) is 4.17. The molecule has 1 aliphatic heterocycles. The molecule has 1 aromatic heterocycles. The second-order valence-corrected chi connectivity index (χ2v) is 6.41. The van der Waals surface area contributed by atoms with Crippen molar-refractivity contribution in [3.63, 3.8) is 0 Å². The van der Waals surface area contributed by atoms with Crippen molar-refractivity contribution in [2.24, 2.45) is 11.8 Å². The summed E-state index contributed by atoms with van der Waals surface area (Å²) in [5.74, 6) is 1.33. The number of hydrogen-bond donors (Lipinski definition) is 1. The highest BCUT2D eigenvalue weighted by atomic mass is 32.1. The molecule has 0 amide bonds. The van der Waals surface area contributed by atoms with Gasteiger partial charge in [0.2, 0.25) is 0 Å². The van der Waals surface area contributed by atoms with Crippen molar-refractivity contribution in [1.29, 1.82) is 0 Å². The third-order valence-corrected chi connectivity index (χ3v) is 5.21. The Bertz CT molecular complexity index is 368. The second kappa shape index (κ2) is 5.09. The third kappa shape index (κ3) is 2.16. The molecule has 1 fully saturated rings. The Morgan fingerprint density at radius 1 is 1.47 bits per heavy atom. The van der Waals surface area contributed by atoms with Crippen LogP contribution in [0.25, 0.3) is 0 Å². The van der Waals surface area contributed by atoms with E-state index in [1.807, 2.05) is 18.4 Å². The van der Waals surface area contributed by atoms with Crippen LogP contribution in [0.3, 0.4) is 0 Å². The number of thiophene rings is 1. The Hall–Kier alpha value is -0.380. The molecule has 1 atom stereocenters. The molecule has 3 heteroatoms. The topological polar surface area (TPSA) is 21.3 Å². The first kappa shape index (κ1) is 13.1. The van der Waals surface area contributed by atoms with Crippen LogP contribution in [-0.2, 0) is 10.2 Å². The Labute approximate surface area is 108 Å². The first-order valence-electron chi connectivity index (χ1n) is 6.38. The van der Waals surface area contributed by atoms with Gasteiger partial charge < -0.3 is 10.1 Å². The van der Waals surface area contributed by atoms with E-state index in [-0.39, 0.29) is 5.41 Å². The Morgan fingerprint density at radius 2 is 2.18 bits per heavy atom. The molecule has 0 spiro atoms. The number of aryl methyl sites for hydroxylation is 1. The predicted molar refractivity (Wildman–Crippen MR) is 73.8 cm³/mol. The zero-order chi connectivity index (χ0) is 12.5. The Kier molecular flexibility index (Phi) is 3.91. The van der Waals surface area contributed by atoms with Gasteiger partial charge in [0.1, 0.15) is 0 Å². The fourth-order valence-electron chi connectivity index (χ4n) is 3.01. The average Bonchev–Trinajstić information content (AvgIpc) is 2.62. The smallest absolute Gasteiger partial charge is 0.0597 e. The van der Waals surface area contributed by atoms with Crippen LogP contribution in [0, 0.1) is 18.8 Å². The highest BCUT2D eigenvalue weighted by molar-refractivity contribution is 7.10. The van der Waals surface area contributed by atoms with Crippen molar-refractivity contribution < 1.29 is 4.74 Å². The van der Waals surface area contributed by atoms with E-state index < -0.39 is 0 Å². The number of rotatable bonds is 5. The molecule has 1 aliphatic rings. The second-order valence-electron chi connectivity index (χ2n) is 5.49. The monoisotopic (exact) mass is 253 g/mol. The van der Waals surface area contributed by atoms with Gasteiger partial charge in [0.05, 0.1) is 18.6 Å². The van der Waals surface area contributed by atoms with E-state index in [1.54, 1.807) is 0 Å². The van der Waals surface area contributed by atoms with Crippen LogP contribution >= 0.6 is 11.3 Å². The minimum atomic E-state index is 0.259. The first-order valence-corrected chi connectivity index (χ1v) is 7.26. The van der Waals surface area contributed by atoms with Crippen molar-refractivity contribution in [3.05, 3.63) is 21.9 Å². The average molecular weight is 253 g/mol. The molecule has 1 aromatic rings. The first-order chi connectivity index (χ1) is 8.12. The van der Waals surface area contributed by atoms with Crippen LogP contribution < -0.4 is 5.32 Å². The molecule has 1 saturated heterocycles. The van der Waals surface area contributed by atoms with Crippen molar-refractivity contribution in [2.75, 3.05) is 26.8 Å². The van der Waals surface area contributed by atoms with Crippen LogP contribution in [-0.4, -0.2) is 26.8 Å². The summed E-state index contributed by atoms with van der Waals surface area (Å²) in [6.45, 7) is 9.72. The molecule has 0 aliphatic carbocycles. The van der Waals surface area contributed by atoms with E-state index in [2.05, 4.69) is 37.5 Å². The van der Waals surface area contributed by atoms with E-state index in [1.165, 1.54) is 10.4 Å². The van der Waals surface area contributed by atoms with Crippen LogP contribution in [0.15, 0.2) is 11.4 Å². The summed E-state index contributed by atoms with van der Waals surface area (Å²) in [6.07, 6.45) is 0. The normalized spacial score (nSPS) is 20.3. The van der Waals surface area contributed by atoms with E-state index in [9.17, 15) is 0 Å². The molecule has 96 valence electrons. The van der Waals surface area contributed by atoms with E-state index in [0.717, 1.165) is 19.8 Å². The molecular weight excluding hydrogens is 230 g/mol. The summed E-state index contributed by atoms with van der Waals surface area (Å²) in [5, 5.41) is 5.56. The Morgan fingerprint density at radius 3 is 2.53 bits per heavy atom. The molecule has 2 nitrogen and oxygen atoms in total. The van der Waals surface area contributed by atoms with Crippen LogP contribution in [0.1, 0.15) is 24.3 Å². The van der Waals surface area contributed by atoms with Gasteiger partial charge in [-0.1, -0.05) is 13.8 Å². The molecule has 0 saturated carbocycles. The maximum atomic E-state index is 5.57. The van der Waals surface area contributed by atoms with Gasteiger partial charge in [0, 0.05) is 4.88 Å². The van der Waals surface area contributed by atoms with Gasteiger partial charge in [0.25, 0.3) is 0 Å². The van der Waals surface area contributed by atoms with Gasteiger partial charge >= 0.3 is 0 Å². The van der Waals surface area contributed by atoms with Gasteiger partial charge in [-0.25, -0.2) is 0 Å². The van der Waals surface area contributed by atoms with Crippen LogP contribution in [0.2, 0.25) is 0 Å². The zero-order valence-corrected chi connectivity index (χ0v) is 12.1. The zero-order valence-electron chi connectivity index (χ0n) is 11.2. The quantitative estimate of drug-likeness (QED) is 0.871. The molecule has 17 heavy (non-hydrogen) atoms. The molecule has 0 bridgehead atoms. The maximum Gasteiger partial charge on any atom is 0.0597 e. The van der Waals surface area contributed by atoms with Crippen molar-refractivity contribution >= 4 is 11.3 Å². The minimum absolute atomic E-state index is 0.259. The van der Waals surface area contributed by atoms with Crippen LogP contribution in [0.5, 0.6) is 0 Å². The predicted octanol–water partition coefficient (Wildman–Crippen LogP) is 2.82. The number of hydrogen-bond acceptors (Lipinski definition) is 3. The summed E-state index contributed by atoms with van der Waals surface area (Å²) >= 11 is 1.90. The van der Waals surface area contributed by atoms with Gasteiger partial charge in [-0.2, -0.15) is 0 Å². The molecule has 1 N–H and O–H groups in total. The fraction of sp³-hybridized carbons (Fsp3) is 0.714. The molecule has 0 aromatic carbocycles. The lowest BCUT2D eigenvalue weighted by Gasteiger charge is -2.49. The van der Waals surface area contributed by atoms with Crippen molar-refractivity contribution in [1.82, 2.24) is 5.32 Å². The van der Waals surface area contributed by atoms with E-state index in [4.69, 9.17) is 4.74 Å². The lowest BCUT2D eigenvalue weighted by Crippen LogP contribution is -2.56. The largest absolute Gasteiger partial charge is 0.379 e.